The molecule has 2 aromatic heterocycles. The van der Waals surface area contributed by atoms with Crippen LogP contribution in [-0.4, -0.2) is 59.1 Å². The molecule has 0 saturated carbocycles. The summed E-state index contributed by atoms with van der Waals surface area (Å²) < 4.78 is 16.1. The van der Waals surface area contributed by atoms with Crippen molar-refractivity contribution in [1.29, 1.82) is 0 Å². The van der Waals surface area contributed by atoms with Crippen LogP contribution in [0, 0.1) is 11.2 Å². The number of amides is 1. The van der Waals surface area contributed by atoms with Gasteiger partial charge in [-0.15, -0.1) is 0 Å². The molecule has 4 heterocycles. The molecular weight excluding hydrogens is 417 g/mol. The molecular formula is C26H32FN5O. The van der Waals surface area contributed by atoms with E-state index >= 15 is 0 Å². The van der Waals surface area contributed by atoms with Crippen LogP contribution in [0.4, 0.5) is 15.9 Å². The largest absolute Gasteiger partial charge is 0.370 e. The highest BCUT2D eigenvalue weighted by atomic mass is 19.1. The molecule has 0 bridgehead atoms. The van der Waals surface area contributed by atoms with Crippen LogP contribution in [0.1, 0.15) is 34.1 Å². The lowest BCUT2D eigenvalue weighted by molar-refractivity contribution is -0.140. The van der Waals surface area contributed by atoms with Crippen LogP contribution >= 0.6 is 0 Å². The predicted octanol–water partition coefficient (Wildman–Crippen LogP) is 4.46. The molecule has 1 atom stereocenters. The van der Waals surface area contributed by atoms with Gasteiger partial charge < -0.3 is 19.3 Å². The van der Waals surface area contributed by atoms with E-state index in [1.807, 2.05) is 44.0 Å². The third-order valence-electron chi connectivity index (χ3n) is 6.79. The van der Waals surface area contributed by atoms with Gasteiger partial charge in [-0.25, -0.2) is 9.37 Å². The first-order valence-corrected chi connectivity index (χ1v) is 11.8. The Morgan fingerprint density at radius 2 is 1.91 bits per heavy atom. The van der Waals surface area contributed by atoms with Crippen molar-refractivity contribution >= 4 is 28.3 Å². The second-order valence-electron chi connectivity index (χ2n) is 10.3. The van der Waals surface area contributed by atoms with Gasteiger partial charge in [-0.1, -0.05) is 26.8 Å². The number of halogens is 1. The van der Waals surface area contributed by atoms with Crippen LogP contribution < -0.4 is 9.80 Å². The monoisotopic (exact) mass is 449 g/mol. The van der Waals surface area contributed by atoms with Crippen molar-refractivity contribution < 1.29 is 9.18 Å². The zero-order valence-corrected chi connectivity index (χ0v) is 19.9. The molecule has 7 heteroatoms. The Balaban J connectivity index is 1.56. The molecule has 2 fully saturated rings. The van der Waals surface area contributed by atoms with Gasteiger partial charge in [0.2, 0.25) is 5.91 Å². The number of anilines is 2. The molecule has 6 nitrogen and oxygen atoms in total. The van der Waals surface area contributed by atoms with Gasteiger partial charge in [0.1, 0.15) is 11.6 Å². The molecule has 1 amide bonds. The summed E-state index contributed by atoms with van der Waals surface area (Å²) in [6.07, 6.45) is 5.13. The van der Waals surface area contributed by atoms with Gasteiger partial charge in [-0.05, 0) is 37.6 Å². The molecule has 3 aromatic rings. The number of piperazine rings is 1. The van der Waals surface area contributed by atoms with Crippen molar-refractivity contribution in [2.45, 2.75) is 40.2 Å². The molecule has 1 aromatic carbocycles. The molecule has 2 aliphatic heterocycles. The van der Waals surface area contributed by atoms with E-state index in [1.54, 1.807) is 12.1 Å². The normalized spacial score (nSPS) is 19.2. The second-order valence-corrected chi connectivity index (χ2v) is 10.3. The Bertz CT molecular complexity index is 1190. The predicted molar refractivity (Wildman–Crippen MR) is 131 cm³/mol. The molecule has 0 aliphatic carbocycles. The minimum Gasteiger partial charge on any atom is -0.370 e. The molecule has 2 aliphatic rings. The zero-order valence-electron chi connectivity index (χ0n) is 19.9. The molecule has 2 saturated heterocycles. The summed E-state index contributed by atoms with van der Waals surface area (Å²) in [6.45, 7) is 12.2. The third kappa shape index (κ3) is 3.83. The fraction of sp³-hybridized carbons (Fsp3) is 0.462. The van der Waals surface area contributed by atoms with Crippen LogP contribution in [0.25, 0.3) is 16.6 Å². The van der Waals surface area contributed by atoms with E-state index in [0.717, 1.165) is 47.7 Å². The summed E-state index contributed by atoms with van der Waals surface area (Å²) in [5.74, 6) is 0.890. The maximum Gasteiger partial charge on any atom is 0.228 e. The van der Waals surface area contributed by atoms with E-state index in [4.69, 9.17) is 4.98 Å². The fourth-order valence-electron chi connectivity index (χ4n) is 4.93. The first kappa shape index (κ1) is 21.7. The number of pyridine rings is 1. The minimum absolute atomic E-state index is 0.143. The van der Waals surface area contributed by atoms with E-state index in [2.05, 4.69) is 27.5 Å². The molecule has 0 spiro atoms. The molecule has 0 unspecified atom stereocenters. The van der Waals surface area contributed by atoms with Gasteiger partial charge in [0.25, 0.3) is 0 Å². The molecule has 33 heavy (non-hydrogen) atoms. The van der Waals surface area contributed by atoms with E-state index in [-0.39, 0.29) is 23.2 Å². The average Bonchev–Trinajstić information content (AvgIpc) is 3.11. The highest BCUT2D eigenvalue weighted by Gasteiger charge is 2.34. The number of aromatic nitrogens is 2. The Labute approximate surface area is 194 Å². The molecule has 0 radical (unpaired) electrons. The summed E-state index contributed by atoms with van der Waals surface area (Å²) in [5.41, 5.74) is 2.59. The van der Waals surface area contributed by atoms with Crippen molar-refractivity contribution in [3.63, 3.8) is 0 Å². The number of hydrogen-bond acceptors (Lipinski definition) is 4. The molecule has 5 rings (SSSR count). The smallest absolute Gasteiger partial charge is 0.228 e. The van der Waals surface area contributed by atoms with E-state index in [9.17, 15) is 9.18 Å². The topological polar surface area (TPSA) is 44.6 Å². The Morgan fingerprint density at radius 1 is 1.12 bits per heavy atom. The SMILES string of the molecule is C[C@H]1CN(C(=O)C(C)(C)C)CCN1c1nccc2c1c(N1CCC1)cn2-c1cccc(F)c1. The van der Waals surface area contributed by atoms with Crippen molar-refractivity contribution in [1.82, 2.24) is 14.5 Å². The van der Waals surface area contributed by atoms with Crippen molar-refractivity contribution in [3.05, 3.63) is 48.5 Å². The van der Waals surface area contributed by atoms with Crippen molar-refractivity contribution in [2.75, 3.05) is 42.5 Å². The number of carbonyl (C=O) groups excluding carboxylic acids is 1. The lowest BCUT2D eigenvalue weighted by Crippen LogP contribution is -2.56. The fourth-order valence-corrected chi connectivity index (χ4v) is 4.93. The van der Waals surface area contributed by atoms with Gasteiger partial charge in [0, 0.05) is 62.3 Å². The van der Waals surface area contributed by atoms with Gasteiger partial charge in [0.05, 0.1) is 16.6 Å². The van der Waals surface area contributed by atoms with Crippen LogP contribution in [0.2, 0.25) is 0 Å². The summed E-state index contributed by atoms with van der Waals surface area (Å²) in [6, 6.07) is 8.87. The first-order valence-electron chi connectivity index (χ1n) is 11.8. The average molecular weight is 450 g/mol. The van der Waals surface area contributed by atoms with Gasteiger partial charge in [0.15, 0.2) is 0 Å². The number of benzene rings is 1. The standard InChI is InChI=1S/C26H32FN5O/c1-18-16-30(25(33)26(2,3)4)13-14-31(18)24-23-21(9-10-28-24)32(17-22(23)29-11-6-12-29)20-8-5-7-19(27)15-20/h5,7-10,15,17-18H,6,11-14,16H2,1-4H3/t18-/m0/s1. The van der Waals surface area contributed by atoms with Gasteiger partial charge in [-0.2, -0.15) is 0 Å². The lowest BCUT2D eigenvalue weighted by atomic mass is 9.94. The number of rotatable bonds is 3. The Kier molecular flexibility index (Phi) is 5.30. The summed E-state index contributed by atoms with van der Waals surface area (Å²) >= 11 is 0. The van der Waals surface area contributed by atoms with E-state index in [1.165, 1.54) is 12.5 Å². The minimum atomic E-state index is -0.382. The Hall–Kier alpha value is -3.09. The van der Waals surface area contributed by atoms with E-state index in [0.29, 0.717) is 13.1 Å². The maximum atomic E-state index is 14.0. The quantitative estimate of drug-likeness (QED) is 0.592. The molecule has 174 valence electrons. The summed E-state index contributed by atoms with van der Waals surface area (Å²) in [4.78, 5) is 24.4. The number of fused-ring (bicyclic) bond motifs is 1. The molecule has 0 N–H and O–H groups in total. The number of nitrogens with zero attached hydrogens (tertiary/aromatic N) is 5. The van der Waals surface area contributed by atoms with Crippen LogP contribution in [0.5, 0.6) is 0 Å². The summed E-state index contributed by atoms with van der Waals surface area (Å²) in [5, 5.41) is 1.10. The lowest BCUT2D eigenvalue weighted by Gasteiger charge is -2.43. The first-order chi connectivity index (χ1) is 15.7. The third-order valence-corrected chi connectivity index (χ3v) is 6.79. The van der Waals surface area contributed by atoms with E-state index < -0.39 is 0 Å². The highest BCUT2D eigenvalue weighted by molar-refractivity contribution is 6.03. The Morgan fingerprint density at radius 3 is 2.55 bits per heavy atom. The van der Waals surface area contributed by atoms with Crippen LogP contribution in [-0.2, 0) is 4.79 Å². The van der Waals surface area contributed by atoms with Crippen LogP contribution in [0.3, 0.4) is 0 Å². The van der Waals surface area contributed by atoms with Gasteiger partial charge >= 0.3 is 0 Å². The zero-order chi connectivity index (χ0) is 23.3. The number of hydrogen-bond donors (Lipinski definition) is 0. The van der Waals surface area contributed by atoms with Gasteiger partial charge in [-0.3, -0.25) is 4.79 Å². The summed E-state index contributed by atoms with van der Waals surface area (Å²) in [7, 11) is 0. The maximum absolute atomic E-state index is 14.0. The second kappa shape index (κ2) is 8.04. The van der Waals surface area contributed by atoms with Crippen molar-refractivity contribution in [2.24, 2.45) is 5.41 Å². The van der Waals surface area contributed by atoms with Crippen molar-refractivity contribution in [3.8, 4) is 5.69 Å². The highest BCUT2D eigenvalue weighted by Crippen LogP contribution is 2.40. The number of carbonyl (C=O) groups is 1. The van der Waals surface area contributed by atoms with Crippen LogP contribution in [0.15, 0.2) is 42.7 Å².